The second-order valence-electron chi connectivity index (χ2n) is 7.19. The number of hydrogen-bond donors (Lipinski definition) is 0. The average Bonchev–Trinajstić information content (AvgIpc) is 2.87. The number of piperidine rings is 1. The van der Waals surface area contributed by atoms with Crippen LogP contribution in [0.5, 0.6) is 5.75 Å². The third kappa shape index (κ3) is 4.95. The van der Waals surface area contributed by atoms with Crippen molar-refractivity contribution in [3.8, 4) is 5.75 Å². The molecule has 1 amide bonds. The molecule has 1 fully saturated rings. The van der Waals surface area contributed by atoms with Crippen molar-refractivity contribution < 1.29 is 27.5 Å². The third-order valence-corrected chi connectivity index (χ3v) is 6.57. The van der Waals surface area contributed by atoms with E-state index in [1.165, 1.54) is 10.4 Å². The summed E-state index contributed by atoms with van der Waals surface area (Å²) in [5.74, 6) is -0.321. The molecule has 1 unspecified atom stereocenters. The molecule has 10 heteroatoms. The van der Waals surface area contributed by atoms with Crippen LogP contribution in [-0.2, 0) is 24.3 Å². The van der Waals surface area contributed by atoms with Crippen molar-refractivity contribution >= 4 is 39.2 Å². The van der Waals surface area contributed by atoms with Gasteiger partial charge in [-0.25, -0.2) is 8.42 Å². The lowest BCUT2D eigenvalue weighted by Crippen LogP contribution is -2.47. The van der Waals surface area contributed by atoms with E-state index in [0.717, 1.165) is 6.26 Å². The number of rotatable bonds is 4. The normalized spacial score (nSPS) is 20.4. The number of carbonyl (C=O) groups is 2. The summed E-state index contributed by atoms with van der Waals surface area (Å²) < 4.78 is 36.7. The molecule has 0 saturated carbocycles. The average molecular weight is 445 g/mol. The summed E-state index contributed by atoms with van der Waals surface area (Å²) in [6, 6.07) is 4.70. The molecule has 0 aromatic heterocycles. The molecule has 8 nitrogen and oxygen atoms in total. The zero-order chi connectivity index (χ0) is 21.2. The Hall–Kier alpha value is -2.00. The van der Waals surface area contributed by atoms with Crippen LogP contribution in [0.1, 0.15) is 26.2 Å². The number of halogens is 1. The Bertz CT molecular complexity index is 883. The van der Waals surface area contributed by atoms with E-state index in [4.69, 9.17) is 21.1 Å². The van der Waals surface area contributed by atoms with E-state index in [9.17, 15) is 18.0 Å². The van der Waals surface area contributed by atoms with Crippen LogP contribution < -0.4 is 9.04 Å². The SMILES string of the molecule is CCOC(=O)C1CCN(C(=O)C2CCN(S(C)(=O)=O)c3cc(Cl)ccc3O2)CC1. The van der Waals surface area contributed by atoms with Crippen molar-refractivity contribution in [1.29, 1.82) is 0 Å². The quantitative estimate of drug-likeness (QED) is 0.660. The van der Waals surface area contributed by atoms with Gasteiger partial charge in [-0.3, -0.25) is 13.9 Å². The van der Waals surface area contributed by atoms with Crippen LogP contribution >= 0.6 is 11.6 Å². The zero-order valence-electron chi connectivity index (χ0n) is 16.5. The van der Waals surface area contributed by atoms with E-state index in [0.29, 0.717) is 49.0 Å². The van der Waals surface area contributed by atoms with Crippen LogP contribution in [0.4, 0.5) is 5.69 Å². The molecule has 0 bridgehead atoms. The molecule has 2 aliphatic heterocycles. The van der Waals surface area contributed by atoms with Gasteiger partial charge in [0.1, 0.15) is 5.75 Å². The number of anilines is 1. The van der Waals surface area contributed by atoms with Gasteiger partial charge in [-0.05, 0) is 38.0 Å². The minimum atomic E-state index is -3.56. The first-order valence-electron chi connectivity index (χ1n) is 9.60. The molecule has 2 aliphatic rings. The highest BCUT2D eigenvalue weighted by Crippen LogP contribution is 2.36. The molecule has 1 saturated heterocycles. The molecular formula is C19H25ClN2O6S. The predicted octanol–water partition coefficient (Wildman–Crippen LogP) is 2.06. The molecule has 29 heavy (non-hydrogen) atoms. The van der Waals surface area contributed by atoms with Crippen LogP contribution in [0.25, 0.3) is 0 Å². The fourth-order valence-corrected chi connectivity index (χ4v) is 4.77. The maximum absolute atomic E-state index is 13.0. The third-order valence-electron chi connectivity index (χ3n) is 5.16. The molecular weight excluding hydrogens is 420 g/mol. The number of ether oxygens (including phenoxy) is 2. The van der Waals surface area contributed by atoms with E-state index < -0.39 is 16.1 Å². The molecule has 0 radical (unpaired) electrons. The van der Waals surface area contributed by atoms with Gasteiger partial charge in [0.2, 0.25) is 10.0 Å². The summed E-state index contributed by atoms with van der Waals surface area (Å²) in [4.78, 5) is 26.6. The van der Waals surface area contributed by atoms with Gasteiger partial charge in [-0.1, -0.05) is 11.6 Å². The number of amides is 1. The van der Waals surface area contributed by atoms with E-state index in [1.54, 1.807) is 24.0 Å². The fraction of sp³-hybridized carbons (Fsp3) is 0.579. The summed E-state index contributed by atoms with van der Waals surface area (Å²) in [7, 11) is -3.56. The summed E-state index contributed by atoms with van der Waals surface area (Å²) in [5.41, 5.74) is 0.330. The van der Waals surface area contributed by atoms with Gasteiger partial charge in [-0.15, -0.1) is 0 Å². The molecule has 2 heterocycles. The van der Waals surface area contributed by atoms with Gasteiger partial charge >= 0.3 is 5.97 Å². The molecule has 3 rings (SSSR count). The smallest absolute Gasteiger partial charge is 0.309 e. The van der Waals surface area contributed by atoms with Crippen molar-refractivity contribution in [2.75, 3.05) is 36.8 Å². The van der Waals surface area contributed by atoms with Gasteiger partial charge in [-0.2, -0.15) is 0 Å². The largest absolute Gasteiger partial charge is 0.478 e. The van der Waals surface area contributed by atoms with Crippen molar-refractivity contribution in [2.45, 2.75) is 32.3 Å². The van der Waals surface area contributed by atoms with E-state index in [2.05, 4.69) is 0 Å². The maximum Gasteiger partial charge on any atom is 0.309 e. The zero-order valence-corrected chi connectivity index (χ0v) is 18.0. The maximum atomic E-state index is 13.0. The highest BCUT2D eigenvalue weighted by atomic mass is 35.5. The number of likely N-dealkylation sites (tertiary alicyclic amines) is 1. The summed E-state index contributed by atoms with van der Waals surface area (Å²) in [6.07, 6.45) is 1.61. The number of sulfonamides is 1. The number of nitrogens with zero attached hydrogens (tertiary/aromatic N) is 2. The Balaban J connectivity index is 1.73. The fourth-order valence-electron chi connectivity index (χ4n) is 3.67. The Morgan fingerprint density at radius 3 is 2.52 bits per heavy atom. The van der Waals surface area contributed by atoms with E-state index in [1.807, 2.05) is 0 Å². The summed E-state index contributed by atoms with van der Waals surface area (Å²) >= 11 is 6.04. The number of hydrogen-bond acceptors (Lipinski definition) is 6. The Kier molecular flexibility index (Phi) is 6.58. The highest BCUT2D eigenvalue weighted by molar-refractivity contribution is 7.92. The van der Waals surface area contributed by atoms with E-state index >= 15 is 0 Å². The Morgan fingerprint density at radius 1 is 1.21 bits per heavy atom. The lowest BCUT2D eigenvalue weighted by Gasteiger charge is -2.33. The first-order valence-corrected chi connectivity index (χ1v) is 11.8. The Morgan fingerprint density at radius 2 is 1.90 bits per heavy atom. The molecule has 1 atom stereocenters. The number of esters is 1. The van der Waals surface area contributed by atoms with Crippen LogP contribution in [0.2, 0.25) is 5.02 Å². The summed E-state index contributed by atoms with van der Waals surface area (Å²) in [6.45, 7) is 3.09. The lowest BCUT2D eigenvalue weighted by atomic mass is 9.96. The first-order chi connectivity index (χ1) is 13.7. The molecule has 0 N–H and O–H groups in total. The number of fused-ring (bicyclic) bond motifs is 1. The lowest BCUT2D eigenvalue weighted by molar-refractivity contribution is -0.152. The van der Waals surface area contributed by atoms with E-state index in [-0.39, 0.29) is 30.8 Å². The van der Waals surface area contributed by atoms with Crippen LogP contribution in [0.15, 0.2) is 18.2 Å². The molecule has 1 aromatic rings. The van der Waals surface area contributed by atoms with Gasteiger partial charge in [0.05, 0.1) is 24.5 Å². The van der Waals surface area contributed by atoms with Crippen molar-refractivity contribution in [3.05, 3.63) is 23.2 Å². The van der Waals surface area contributed by atoms with Crippen molar-refractivity contribution in [2.24, 2.45) is 5.92 Å². The standard InChI is InChI=1S/C19H25ClN2O6S/c1-3-27-19(24)13-6-9-21(10-7-13)18(23)17-8-11-22(29(2,25)26)15-12-14(20)4-5-16(15)28-17/h4-5,12-13,17H,3,6-11H2,1-2H3. The topological polar surface area (TPSA) is 93.2 Å². The monoisotopic (exact) mass is 444 g/mol. The number of carbonyl (C=O) groups excluding carboxylic acids is 2. The Labute approximate surface area is 175 Å². The van der Waals surface area contributed by atoms with Crippen LogP contribution in [-0.4, -0.2) is 63.8 Å². The highest BCUT2D eigenvalue weighted by Gasteiger charge is 2.36. The minimum absolute atomic E-state index is 0.113. The van der Waals surface area contributed by atoms with Crippen LogP contribution in [0.3, 0.4) is 0 Å². The van der Waals surface area contributed by atoms with Gasteiger partial charge in [0.25, 0.3) is 5.91 Å². The first kappa shape index (κ1) is 21.7. The van der Waals surface area contributed by atoms with Gasteiger partial charge < -0.3 is 14.4 Å². The predicted molar refractivity (Wildman–Crippen MR) is 109 cm³/mol. The second-order valence-corrected chi connectivity index (χ2v) is 9.54. The minimum Gasteiger partial charge on any atom is -0.478 e. The van der Waals surface area contributed by atoms with Crippen molar-refractivity contribution in [3.63, 3.8) is 0 Å². The summed E-state index contributed by atoms with van der Waals surface area (Å²) in [5, 5.41) is 0.381. The van der Waals surface area contributed by atoms with Gasteiger partial charge in [0, 0.05) is 31.1 Å². The van der Waals surface area contributed by atoms with Crippen LogP contribution in [0, 0.1) is 5.92 Å². The van der Waals surface area contributed by atoms with Crippen molar-refractivity contribution in [1.82, 2.24) is 4.90 Å². The molecule has 1 aromatic carbocycles. The van der Waals surface area contributed by atoms with Gasteiger partial charge in [0.15, 0.2) is 6.10 Å². The molecule has 0 aliphatic carbocycles. The number of benzene rings is 1. The second kappa shape index (κ2) is 8.79. The molecule has 160 valence electrons. The molecule has 0 spiro atoms.